The van der Waals surface area contributed by atoms with Crippen LogP contribution in [0, 0.1) is 0 Å². The average molecular weight is 452 g/mol. The molecule has 0 aromatic heterocycles. The van der Waals surface area contributed by atoms with Crippen molar-refractivity contribution >= 4 is 27.8 Å². The number of rotatable bonds is 9. The first-order chi connectivity index (χ1) is 15.4. The minimum atomic E-state index is -3.95. The quantitative estimate of drug-likeness (QED) is 0.398. The second-order valence-corrected chi connectivity index (χ2v) is 8.78. The lowest BCUT2D eigenvalue weighted by Gasteiger charge is -2.24. The zero-order chi connectivity index (χ0) is 23.0. The zero-order valence-electron chi connectivity index (χ0n) is 17.9. The minimum absolute atomic E-state index is 0.104. The molecule has 166 valence electrons. The summed E-state index contributed by atoms with van der Waals surface area (Å²) in [5.41, 5.74) is 4.60. The number of carbonyl (C=O) groups excluding carboxylic acids is 1. The second kappa shape index (κ2) is 10.6. The molecule has 0 aliphatic rings. The Balaban J connectivity index is 1.81. The van der Waals surface area contributed by atoms with Gasteiger partial charge in [-0.05, 0) is 53.9 Å². The second-order valence-electron chi connectivity index (χ2n) is 6.91. The molecule has 0 bridgehead atoms. The number of hydrazone groups is 1. The lowest BCUT2D eigenvalue weighted by atomic mass is 10.1. The number of amides is 1. The van der Waals surface area contributed by atoms with Crippen molar-refractivity contribution in [2.75, 3.05) is 18.0 Å². The molecule has 0 fully saturated rings. The first kappa shape index (κ1) is 23.0. The van der Waals surface area contributed by atoms with E-state index in [1.54, 1.807) is 61.7 Å². The van der Waals surface area contributed by atoms with Crippen molar-refractivity contribution in [2.24, 2.45) is 5.10 Å². The van der Waals surface area contributed by atoms with Crippen molar-refractivity contribution in [2.45, 2.75) is 18.2 Å². The molecule has 0 saturated heterocycles. The van der Waals surface area contributed by atoms with E-state index >= 15 is 0 Å². The normalized spacial score (nSPS) is 11.3. The molecular weight excluding hydrogens is 426 g/mol. The van der Waals surface area contributed by atoms with E-state index in [0.29, 0.717) is 11.4 Å². The highest BCUT2D eigenvalue weighted by atomic mass is 32.2. The fourth-order valence-corrected chi connectivity index (χ4v) is 4.44. The van der Waals surface area contributed by atoms with Crippen LogP contribution in [0.3, 0.4) is 0 Å². The molecule has 0 saturated carbocycles. The Labute approximate surface area is 188 Å². The van der Waals surface area contributed by atoms with Gasteiger partial charge in [0.25, 0.3) is 15.9 Å². The van der Waals surface area contributed by atoms with Crippen molar-refractivity contribution in [3.63, 3.8) is 0 Å². The maximum atomic E-state index is 13.3. The topological polar surface area (TPSA) is 88.1 Å². The molecule has 7 nitrogen and oxygen atoms in total. The summed E-state index contributed by atoms with van der Waals surface area (Å²) in [6, 6.07) is 22.3. The summed E-state index contributed by atoms with van der Waals surface area (Å²) in [6.45, 7) is 1.60. The van der Waals surface area contributed by atoms with Gasteiger partial charge in [0.2, 0.25) is 0 Å². The van der Waals surface area contributed by atoms with Crippen LogP contribution in [0.5, 0.6) is 5.75 Å². The van der Waals surface area contributed by atoms with Gasteiger partial charge < -0.3 is 4.74 Å². The third-order valence-electron chi connectivity index (χ3n) is 4.75. The summed E-state index contributed by atoms with van der Waals surface area (Å²) in [5.74, 6) is 0.0964. The average Bonchev–Trinajstić information content (AvgIpc) is 2.83. The van der Waals surface area contributed by atoms with E-state index in [1.165, 1.54) is 18.3 Å². The molecule has 0 aliphatic carbocycles. The van der Waals surface area contributed by atoms with Crippen molar-refractivity contribution in [1.82, 2.24) is 5.43 Å². The highest BCUT2D eigenvalue weighted by Gasteiger charge is 2.27. The molecule has 3 aromatic rings. The Kier molecular flexibility index (Phi) is 7.62. The predicted molar refractivity (Wildman–Crippen MR) is 126 cm³/mol. The number of anilines is 1. The summed E-state index contributed by atoms with van der Waals surface area (Å²) >= 11 is 0. The van der Waals surface area contributed by atoms with Crippen LogP contribution in [0.15, 0.2) is 88.9 Å². The van der Waals surface area contributed by atoms with Crippen LogP contribution in [-0.4, -0.2) is 34.2 Å². The molecule has 0 heterocycles. The molecular formula is C24H25N3O4S. The van der Waals surface area contributed by atoms with E-state index < -0.39 is 22.5 Å². The standard InChI is InChI=1S/C24H25N3O4S/c1-3-19-12-14-21(15-13-19)27(32(29,30)23-10-5-4-6-11-23)18-24(28)26-25-17-20-8-7-9-22(16-20)31-2/h4-17H,3,18H2,1-2H3,(H,26,28)/b25-17-. The van der Waals surface area contributed by atoms with Gasteiger partial charge in [-0.1, -0.05) is 49.4 Å². The van der Waals surface area contributed by atoms with Gasteiger partial charge in [-0.2, -0.15) is 5.10 Å². The number of sulfonamides is 1. The SMILES string of the molecule is CCc1ccc(N(CC(=O)N/N=C\c2cccc(OC)c2)S(=O)(=O)c2ccccc2)cc1. The molecule has 0 aliphatic heterocycles. The molecule has 0 atom stereocenters. The number of nitrogens with one attached hydrogen (secondary N) is 1. The zero-order valence-corrected chi connectivity index (χ0v) is 18.7. The Bertz CT molecular complexity index is 1180. The van der Waals surface area contributed by atoms with Crippen LogP contribution in [-0.2, 0) is 21.2 Å². The molecule has 0 spiro atoms. The van der Waals surface area contributed by atoms with Crippen LogP contribution in [0.2, 0.25) is 0 Å². The van der Waals surface area contributed by atoms with Crippen molar-refractivity contribution in [3.8, 4) is 5.75 Å². The number of ether oxygens (including phenoxy) is 1. The van der Waals surface area contributed by atoms with Crippen molar-refractivity contribution in [1.29, 1.82) is 0 Å². The maximum Gasteiger partial charge on any atom is 0.264 e. The van der Waals surface area contributed by atoms with E-state index in [9.17, 15) is 13.2 Å². The summed E-state index contributed by atoms with van der Waals surface area (Å²) in [5, 5.41) is 3.94. The monoisotopic (exact) mass is 451 g/mol. The largest absolute Gasteiger partial charge is 0.497 e. The van der Waals surface area contributed by atoms with Crippen LogP contribution < -0.4 is 14.5 Å². The van der Waals surface area contributed by atoms with Crippen LogP contribution >= 0.6 is 0 Å². The number of hydrogen-bond acceptors (Lipinski definition) is 5. The van der Waals surface area contributed by atoms with Gasteiger partial charge in [0.1, 0.15) is 12.3 Å². The van der Waals surface area contributed by atoms with Crippen molar-refractivity contribution < 1.29 is 17.9 Å². The van der Waals surface area contributed by atoms with Crippen molar-refractivity contribution in [3.05, 3.63) is 90.0 Å². The first-order valence-corrected chi connectivity index (χ1v) is 11.5. The summed E-state index contributed by atoms with van der Waals surface area (Å²) in [6.07, 6.45) is 2.29. The molecule has 8 heteroatoms. The maximum absolute atomic E-state index is 13.3. The fraction of sp³-hybridized carbons (Fsp3) is 0.167. The minimum Gasteiger partial charge on any atom is -0.497 e. The van der Waals surface area contributed by atoms with Gasteiger partial charge >= 0.3 is 0 Å². The third kappa shape index (κ3) is 5.73. The summed E-state index contributed by atoms with van der Waals surface area (Å²) in [4.78, 5) is 12.7. The fourth-order valence-electron chi connectivity index (χ4n) is 3.00. The molecule has 3 rings (SSSR count). The number of hydrogen-bond donors (Lipinski definition) is 1. The first-order valence-electron chi connectivity index (χ1n) is 10.1. The lowest BCUT2D eigenvalue weighted by molar-refractivity contribution is -0.119. The summed E-state index contributed by atoms with van der Waals surface area (Å²) in [7, 11) is -2.39. The van der Waals surface area contributed by atoms with Gasteiger partial charge in [-0.3, -0.25) is 9.10 Å². The van der Waals surface area contributed by atoms with Gasteiger partial charge in [0.05, 0.1) is 23.9 Å². The molecule has 32 heavy (non-hydrogen) atoms. The highest BCUT2D eigenvalue weighted by molar-refractivity contribution is 7.92. The van der Waals surface area contributed by atoms with Crippen LogP contribution in [0.1, 0.15) is 18.1 Å². The Morgan fingerprint density at radius 1 is 1.03 bits per heavy atom. The smallest absolute Gasteiger partial charge is 0.264 e. The number of methoxy groups -OCH3 is 1. The predicted octanol–water partition coefficient (Wildman–Crippen LogP) is 3.60. The van der Waals surface area contributed by atoms with Crippen LogP contribution in [0.25, 0.3) is 0 Å². The third-order valence-corrected chi connectivity index (χ3v) is 6.54. The van der Waals surface area contributed by atoms with Gasteiger partial charge in [-0.15, -0.1) is 0 Å². The Hall–Kier alpha value is -3.65. The molecule has 1 amide bonds. The van der Waals surface area contributed by atoms with Gasteiger partial charge in [-0.25, -0.2) is 13.8 Å². The molecule has 0 radical (unpaired) electrons. The molecule has 0 unspecified atom stereocenters. The molecule has 3 aromatic carbocycles. The number of aryl methyl sites for hydroxylation is 1. The number of nitrogens with zero attached hydrogens (tertiary/aromatic N) is 2. The Morgan fingerprint density at radius 3 is 2.41 bits per heavy atom. The number of benzene rings is 3. The van der Waals surface area contributed by atoms with Crippen LogP contribution in [0.4, 0.5) is 5.69 Å². The van der Waals surface area contributed by atoms with E-state index in [4.69, 9.17) is 4.74 Å². The number of carbonyl (C=O) groups is 1. The van der Waals surface area contributed by atoms with Gasteiger partial charge in [0.15, 0.2) is 0 Å². The van der Waals surface area contributed by atoms with E-state index in [-0.39, 0.29) is 4.90 Å². The van der Waals surface area contributed by atoms with Gasteiger partial charge in [0, 0.05) is 0 Å². The lowest BCUT2D eigenvalue weighted by Crippen LogP contribution is -2.39. The van der Waals surface area contributed by atoms with E-state index in [0.717, 1.165) is 21.9 Å². The van der Waals surface area contributed by atoms with E-state index in [1.807, 2.05) is 19.1 Å². The highest BCUT2D eigenvalue weighted by Crippen LogP contribution is 2.24. The Morgan fingerprint density at radius 2 is 1.75 bits per heavy atom. The molecule has 1 N–H and O–H groups in total. The van der Waals surface area contributed by atoms with E-state index in [2.05, 4.69) is 10.5 Å². The summed E-state index contributed by atoms with van der Waals surface area (Å²) < 4.78 is 32.8.